The molecule has 0 atom stereocenters. The van der Waals surface area contributed by atoms with Crippen molar-refractivity contribution in [3.8, 4) is 11.4 Å². The summed E-state index contributed by atoms with van der Waals surface area (Å²) in [6.07, 6.45) is 3.86. The van der Waals surface area contributed by atoms with E-state index in [9.17, 15) is 4.79 Å². The molecule has 0 aliphatic carbocycles. The highest BCUT2D eigenvalue weighted by Gasteiger charge is 2.06. The van der Waals surface area contributed by atoms with E-state index in [1.807, 2.05) is 0 Å². The highest BCUT2D eigenvalue weighted by molar-refractivity contribution is 5.85. The zero-order valence-corrected chi connectivity index (χ0v) is 9.85. The molecule has 17 heavy (non-hydrogen) atoms. The van der Waals surface area contributed by atoms with E-state index in [2.05, 4.69) is 10.2 Å². The molecule has 0 spiro atoms. The van der Waals surface area contributed by atoms with Crippen molar-refractivity contribution in [2.24, 2.45) is 0 Å². The number of aldehydes is 1. The Bertz CT molecular complexity index is 474. The first kappa shape index (κ1) is 15.1. The second-order valence-electron chi connectivity index (χ2n) is 2.86. The summed E-state index contributed by atoms with van der Waals surface area (Å²) in [6.45, 7) is 0. The van der Waals surface area contributed by atoms with Gasteiger partial charge in [0.25, 0.3) is 0 Å². The van der Waals surface area contributed by atoms with Crippen LogP contribution in [-0.4, -0.2) is 33.9 Å². The summed E-state index contributed by atoms with van der Waals surface area (Å²) < 4.78 is 5.07. The Kier molecular flexibility index (Phi) is 5.87. The lowest BCUT2D eigenvalue weighted by Crippen LogP contribution is -2.03. The third-order valence-corrected chi connectivity index (χ3v) is 2.00. The summed E-state index contributed by atoms with van der Waals surface area (Å²) in [5.74, 6) is 0.660. The van der Waals surface area contributed by atoms with Crippen molar-refractivity contribution >= 4 is 18.7 Å². The van der Waals surface area contributed by atoms with Crippen molar-refractivity contribution < 1.29 is 15.0 Å². The van der Waals surface area contributed by atoms with E-state index >= 15 is 0 Å². The first-order valence-corrected chi connectivity index (χ1v) is 4.35. The average Bonchev–Trinajstić information content (AvgIpc) is 2.81. The molecule has 1 heterocycles. The van der Waals surface area contributed by atoms with Gasteiger partial charge >= 0.3 is 0 Å². The summed E-state index contributed by atoms with van der Waals surface area (Å²) in [7, 11) is 1.57. The van der Waals surface area contributed by atoms with Gasteiger partial charge in [0.2, 0.25) is 0 Å². The van der Waals surface area contributed by atoms with Gasteiger partial charge in [-0.05, 0) is 12.1 Å². The van der Waals surface area contributed by atoms with Crippen molar-refractivity contribution in [1.29, 1.82) is 0 Å². The number of hydrogen-bond donors (Lipinski definition) is 0. The van der Waals surface area contributed by atoms with E-state index in [1.54, 1.807) is 37.7 Å². The zero-order chi connectivity index (χ0) is 10.7. The van der Waals surface area contributed by atoms with E-state index in [0.29, 0.717) is 17.0 Å². The molecule has 0 fully saturated rings. The molecule has 7 heteroatoms. The Morgan fingerprint density at radius 2 is 1.94 bits per heavy atom. The summed E-state index contributed by atoms with van der Waals surface area (Å²) in [5, 5.41) is 7.92. The number of ether oxygens (including phenoxy) is 1. The number of rotatable bonds is 3. The number of methoxy groups -OCH3 is 1. The molecule has 1 aromatic heterocycles. The minimum Gasteiger partial charge on any atom is -0.497 e. The zero-order valence-electron chi connectivity index (χ0n) is 9.03. The highest BCUT2D eigenvalue weighted by Crippen LogP contribution is 2.18. The minimum atomic E-state index is 0. The lowest BCUT2D eigenvalue weighted by atomic mass is 10.2. The topological polar surface area (TPSA) is 88.5 Å². The van der Waals surface area contributed by atoms with E-state index < -0.39 is 0 Å². The summed E-state index contributed by atoms with van der Waals surface area (Å²) in [4.78, 5) is 12.2. The van der Waals surface area contributed by atoms with Crippen LogP contribution in [0.4, 0.5) is 0 Å². The summed E-state index contributed by atoms with van der Waals surface area (Å²) in [6, 6.07) is 5.10. The van der Waals surface area contributed by atoms with Gasteiger partial charge in [-0.2, -0.15) is 15.0 Å². The third kappa shape index (κ3) is 3.02. The Balaban J connectivity index is 0.00000128. The minimum absolute atomic E-state index is 0. The fraction of sp³-hybridized carbons (Fsp3) is 0.100. The molecule has 0 amide bonds. The van der Waals surface area contributed by atoms with Crippen LogP contribution in [0.15, 0.2) is 30.6 Å². The standard InChI is InChI=1S/C10H9N3O2.ClH.H2O/c1-15-9-3-2-8(7-14)10(6-9)13-11-4-5-12-13;;/h2-7H,1H3;1H;1H2. The van der Waals surface area contributed by atoms with Gasteiger partial charge in [-0.3, -0.25) is 4.79 Å². The van der Waals surface area contributed by atoms with Crippen LogP contribution >= 0.6 is 12.4 Å². The number of nitrogens with zero attached hydrogens (tertiary/aromatic N) is 3. The number of carbonyl (C=O) groups is 1. The first-order valence-electron chi connectivity index (χ1n) is 4.35. The molecule has 0 aliphatic heterocycles. The van der Waals surface area contributed by atoms with Gasteiger partial charge in [0.05, 0.1) is 25.2 Å². The Hall–Kier alpha value is -1.92. The van der Waals surface area contributed by atoms with Crippen LogP contribution in [0.1, 0.15) is 10.4 Å². The Morgan fingerprint density at radius 3 is 2.47 bits per heavy atom. The fourth-order valence-corrected chi connectivity index (χ4v) is 1.26. The molecule has 2 rings (SSSR count). The molecule has 92 valence electrons. The second-order valence-corrected chi connectivity index (χ2v) is 2.86. The smallest absolute Gasteiger partial charge is 0.152 e. The van der Waals surface area contributed by atoms with Gasteiger partial charge in [0.15, 0.2) is 6.29 Å². The molecule has 2 aromatic rings. The molecule has 0 bridgehead atoms. The number of hydrogen-bond acceptors (Lipinski definition) is 4. The van der Waals surface area contributed by atoms with Gasteiger partial charge in [0, 0.05) is 11.6 Å². The van der Waals surface area contributed by atoms with Gasteiger partial charge in [0.1, 0.15) is 5.75 Å². The van der Waals surface area contributed by atoms with Crippen molar-refractivity contribution in [3.63, 3.8) is 0 Å². The molecule has 0 unspecified atom stereocenters. The maximum atomic E-state index is 10.8. The lowest BCUT2D eigenvalue weighted by Gasteiger charge is -2.05. The number of carbonyl (C=O) groups excluding carboxylic acids is 1. The highest BCUT2D eigenvalue weighted by atomic mass is 35.5. The molecular weight excluding hydrogens is 246 g/mol. The number of aromatic nitrogens is 3. The van der Waals surface area contributed by atoms with Gasteiger partial charge in [-0.15, -0.1) is 12.4 Å². The van der Waals surface area contributed by atoms with Crippen LogP contribution < -0.4 is 4.74 Å². The maximum absolute atomic E-state index is 10.8. The van der Waals surface area contributed by atoms with Crippen LogP contribution in [0, 0.1) is 0 Å². The van der Waals surface area contributed by atoms with E-state index in [-0.39, 0.29) is 17.9 Å². The third-order valence-electron chi connectivity index (χ3n) is 2.00. The Labute approximate surface area is 104 Å². The predicted molar refractivity (Wildman–Crippen MR) is 64.2 cm³/mol. The maximum Gasteiger partial charge on any atom is 0.152 e. The van der Waals surface area contributed by atoms with Crippen LogP contribution in [0.5, 0.6) is 5.75 Å². The molecule has 6 nitrogen and oxygen atoms in total. The first-order chi connectivity index (χ1) is 7.35. The second kappa shape index (κ2) is 6.62. The van der Waals surface area contributed by atoms with Gasteiger partial charge < -0.3 is 10.2 Å². The summed E-state index contributed by atoms with van der Waals surface area (Å²) in [5.41, 5.74) is 1.13. The molecule has 0 radical (unpaired) electrons. The average molecular weight is 258 g/mol. The molecule has 0 aliphatic rings. The number of benzene rings is 1. The van der Waals surface area contributed by atoms with E-state index in [4.69, 9.17) is 4.74 Å². The molecular formula is C10H12ClN3O3. The predicted octanol–water partition coefficient (Wildman–Crippen LogP) is 0.685. The number of halogens is 1. The largest absolute Gasteiger partial charge is 0.497 e. The van der Waals surface area contributed by atoms with E-state index in [1.165, 1.54) is 4.80 Å². The van der Waals surface area contributed by atoms with Crippen LogP contribution in [0.25, 0.3) is 5.69 Å². The quantitative estimate of drug-likeness (QED) is 0.757. The van der Waals surface area contributed by atoms with Crippen molar-refractivity contribution in [1.82, 2.24) is 15.0 Å². The van der Waals surface area contributed by atoms with Crippen molar-refractivity contribution in [3.05, 3.63) is 36.2 Å². The van der Waals surface area contributed by atoms with Gasteiger partial charge in [-0.1, -0.05) is 0 Å². The lowest BCUT2D eigenvalue weighted by molar-refractivity contribution is 0.112. The molecule has 0 saturated carbocycles. The van der Waals surface area contributed by atoms with Crippen LogP contribution in [0.3, 0.4) is 0 Å². The van der Waals surface area contributed by atoms with E-state index in [0.717, 1.165) is 6.29 Å². The monoisotopic (exact) mass is 257 g/mol. The van der Waals surface area contributed by atoms with Gasteiger partial charge in [-0.25, -0.2) is 0 Å². The van der Waals surface area contributed by atoms with Crippen LogP contribution in [0.2, 0.25) is 0 Å². The fourth-order valence-electron chi connectivity index (χ4n) is 1.26. The van der Waals surface area contributed by atoms with Crippen molar-refractivity contribution in [2.75, 3.05) is 7.11 Å². The molecule has 1 aromatic carbocycles. The van der Waals surface area contributed by atoms with Crippen LogP contribution in [-0.2, 0) is 0 Å². The normalized spacial score (nSPS) is 8.76. The molecule has 2 N–H and O–H groups in total. The Morgan fingerprint density at radius 1 is 1.29 bits per heavy atom. The summed E-state index contributed by atoms with van der Waals surface area (Å²) >= 11 is 0. The SMILES string of the molecule is COc1ccc(C=O)c(-n2nccn2)c1.Cl.O. The molecule has 0 saturated heterocycles. The van der Waals surface area contributed by atoms with Crippen molar-refractivity contribution in [2.45, 2.75) is 0 Å².